The minimum absolute atomic E-state index is 0.0747. The number of thioether (sulfide) groups is 1. The molecule has 0 unspecified atom stereocenters. The first-order valence-corrected chi connectivity index (χ1v) is 24.1. The fourth-order valence-corrected chi connectivity index (χ4v) is 12.1. The Morgan fingerprint density at radius 3 is 2.34 bits per heavy atom. The van der Waals surface area contributed by atoms with Crippen molar-refractivity contribution < 1.29 is 88.2 Å². The first-order valence-electron chi connectivity index (χ1n) is 23.1. The number of hydrogen-bond acceptors (Lipinski definition) is 20. The van der Waals surface area contributed by atoms with E-state index in [1.54, 1.807) is 0 Å². The predicted molar refractivity (Wildman–Crippen MR) is 240 cm³/mol. The van der Waals surface area contributed by atoms with Crippen molar-refractivity contribution in [3.05, 3.63) is 69.8 Å². The van der Waals surface area contributed by atoms with Crippen molar-refractivity contribution in [2.45, 2.75) is 112 Å². The molecule has 374 valence electrons. The SMILES string of the molecule is COc1cccc2c1C(=O)c1c(O)c3c(c(O)c1C2=O)C[C@@](O)(C(=O)CSc1cc(O)n(CC2CCC(C(=O)On4c(O)ccc4O)CC2)c1O)C[C@@H]3O[C@H]1C[C@H]2[C@H](O[C@@H]3[C@@H](OC)OCCN32)[C@H](C)O1. The summed E-state index contributed by atoms with van der Waals surface area (Å²) in [5, 5.41) is 78.7. The van der Waals surface area contributed by atoms with Crippen LogP contribution in [0, 0.1) is 11.8 Å². The lowest BCUT2D eigenvalue weighted by Gasteiger charge is -2.43. The van der Waals surface area contributed by atoms with Crippen LogP contribution in [0.25, 0.3) is 0 Å². The molecule has 5 heterocycles. The monoisotopic (exact) mass is 991 g/mol. The molecular formula is C48H53N3O18S. The van der Waals surface area contributed by atoms with Gasteiger partial charge in [0.1, 0.15) is 29.0 Å². The Balaban J connectivity index is 0.894. The number of fused-ring (bicyclic) bond motifs is 6. The van der Waals surface area contributed by atoms with Gasteiger partial charge in [-0.25, -0.2) is 4.79 Å². The summed E-state index contributed by atoms with van der Waals surface area (Å²) in [6, 6.07) is 7.81. The molecular weight excluding hydrogens is 939 g/mol. The van der Waals surface area contributed by atoms with Gasteiger partial charge in [0.15, 0.2) is 36.3 Å². The second kappa shape index (κ2) is 18.4. The van der Waals surface area contributed by atoms with Gasteiger partial charge >= 0.3 is 5.97 Å². The van der Waals surface area contributed by atoms with Gasteiger partial charge in [0, 0.05) is 80.4 Å². The molecule has 0 amide bonds. The van der Waals surface area contributed by atoms with E-state index in [-0.39, 0.29) is 69.6 Å². The Kier molecular flexibility index (Phi) is 12.6. The highest BCUT2D eigenvalue weighted by Gasteiger charge is 2.55. The van der Waals surface area contributed by atoms with Crippen LogP contribution in [-0.4, -0.2) is 149 Å². The number of ether oxygens (including phenoxy) is 6. The van der Waals surface area contributed by atoms with E-state index in [4.69, 9.17) is 33.3 Å². The standard InChI is InChI=1S/C48H53N3O18S/c1-21-43-26(49-13-14-65-47(64-3)45(49)68-43)15-34(66-21)67-28-18-48(62,17-25-36(28)42(59)38-37(40(25)57)39(56)24-5-4-6-27(63-2)35(24)41(38)58)30(52)20-70-29-16-33(55)50(44(29)60)19-22-7-9-23(10-8-22)46(61)69-51-31(53)11-12-32(51)54/h4-6,11-12,16,21-23,26,28,34,43,45,47,53-55,57,59-60,62H,7-10,13-15,17-20H2,1-3H3/t21-,22?,23?,26-,28-,34-,43+,45+,47-,48-/m0/s1. The maximum Gasteiger partial charge on any atom is 0.336 e. The fourth-order valence-electron chi connectivity index (χ4n) is 11.1. The number of hydrogen-bond donors (Lipinski definition) is 7. The molecule has 10 rings (SSSR count). The molecule has 1 saturated carbocycles. The summed E-state index contributed by atoms with van der Waals surface area (Å²) in [7, 11) is 2.85. The van der Waals surface area contributed by atoms with Crippen molar-refractivity contribution in [1.82, 2.24) is 14.2 Å². The van der Waals surface area contributed by atoms with Gasteiger partial charge in [-0.15, -0.1) is 16.5 Å². The number of carbonyl (C=O) groups is 4. The van der Waals surface area contributed by atoms with E-state index in [9.17, 15) is 54.9 Å². The third-order valence-electron chi connectivity index (χ3n) is 14.7. The van der Waals surface area contributed by atoms with Gasteiger partial charge in [0.25, 0.3) is 0 Å². The number of aromatic nitrogens is 2. The molecule has 4 aromatic rings. The van der Waals surface area contributed by atoms with Gasteiger partial charge in [0.05, 0.1) is 59.2 Å². The third-order valence-corrected chi connectivity index (χ3v) is 15.7. The van der Waals surface area contributed by atoms with E-state index in [0.717, 1.165) is 11.8 Å². The topological polar surface area (TPSA) is 288 Å². The Labute approximate surface area is 403 Å². The number of rotatable bonds is 12. The zero-order valence-corrected chi connectivity index (χ0v) is 39.1. The number of aliphatic hydroxyl groups is 1. The smallest absolute Gasteiger partial charge is 0.336 e. The van der Waals surface area contributed by atoms with Crippen LogP contribution in [0.5, 0.6) is 40.8 Å². The molecule has 8 atom stereocenters. The highest BCUT2D eigenvalue weighted by atomic mass is 32.2. The van der Waals surface area contributed by atoms with E-state index in [1.807, 2.05) is 6.92 Å². The molecule has 7 N–H and O–H groups in total. The zero-order valence-electron chi connectivity index (χ0n) is 38.3. The van der Waals surface area contributed by atoms with Crippen molar-refractivity contribution in [2.24, 2.45) is 11.8 Å². The second-order valence-electron chi connectivity index (χ2n) is 18.7. The van der Waals surface area contributed by atoms with Crippen molar-refractivity contribution in [1.29, 1.82) is 0 Å². The van der Waals surface area contributed by atoms with E-state index in [2.05, 4.69) is 4.90 Å². The Morgan fingerprint density at radius 2 is 1.63 bits per heavy atom. The predicted octanol–water partition coefficient (Wildman–Crippen LogP) is 3.40. The molecule has 6 aliphatic rings. The summed E-state index contributed by atoms with van der Waals surface area (Å²) in [6.45, 7) is 2.89. The van der Waals surface area contributed by atoms with Crippen LogP contribution in [0.15, 0.2) is 41.3 Å². The Morgan fingerprint density at radius 1 is 0.900 bits per heavy atom. The lowest BCUT2D eigenvalue weighted by atomic mass is 9.72. The number of morpholine rings is 1. The van der Waals surface area contributed by atoms with Crippen LogP contribution < -0.4 is 9.57 Å². The van der Waals surface area contributed by atoms with Gasteiger partial charge in [0.2, 0.25) is 23.4 Å². The van der Waals surface area contributed by atoms with Crippen molar-refractivity contribution in [2.75, 3.05) is 33.1 Å². The number of phenols is 2. The average molecular weight is 992 g/mol. The molecule has 0 spiro atoms. The van der Waals surface area contributed by atoms with Gasteiger partial charge < -0.3 is 69.0 Å². The van der Waals surface area contributed by atoms with Crippen LogP contribution in [-0.2, 0) is 46.2 Å². The molecule has 3 saturated heterocycles. The summed E-state index contributed by atoms with van der Waals surface area (Å²) in [6.07, 6.45) is -3.53. The fraction of sp³-hybridized carbons (Fsp3) is 0.500. The Bertz CT molecular complexity index is 2750. The third kappa shape index (κ3) is 8.03. The minimum atomic E-state index is -2.31. The number of nitrogens with zero attached hydrogens (tertiary/aromatic N) is 3. The molecule has 21 nitrogen and oxygen atoms in total. The number of aromatic hydroxyl groups is 6. The average Bonchev–Trinajstić information content (AvgIpc) is 3.98. The molecule has 0 radical (unpaired) electrons. The zero-order chi connectivity index (χ0) is 49.5. The Hall–Kier alpha value is -5.85. The quantitative estimate of drug-likeness (QED) is 0.0696. The first kappa shape index (κ1) is 47.8. The number of methoxy groups -OCH3 is 2. The van der Waals surface area contributed by atoms with Crippen LogP contribution in [0.3, 0.4) is 0 Å². The lowest BCUT2D eigenvalue weighted by Crippen LogP contribution is -2.55. The van der Waals surface area contributed by atoms with Crippen LogP contribution >= 0.6 is 11.8 Å². The van der Waals surface area contributed by atoms with Crippen molar-refractivity contribution in [3.63, 3.8) is 0 Å². The van der Waals surface area contributed by atoms with E-state index in [0.29, 0.717) is 43.6 Å². The second-order valence-corrected chi connectivity index (χ2v) is 19.7. The van der Waals surface area contributed by atoms with E-state index in [1.165, 1.54) is 55.2 Å². The molecule has 4 fully saturated rings. The molecule has 70 heavy (non-hydrogen) atoms. The summed E-state index contributed by atoms with van der Waals surface area (Å²) in [5.74, 6) is -6.79. The summed E-state index contributed by atoms with van der Waals surface area (Å²) >= 11 is 0.848. The number of Topliss-reactive ketones (excluding diaryl/α,β-unsaturated/α-hetero) is 1. The minimum Gasteiger partial charge on any atom is -0.507 e. The van der Waals surface area contributed by atoms with Gasteiger partial charge in [-0.1, -0.05) is 12.1 Å². The number of carbonyl (C=O) groups excluding carboxylic acids is 4. The van der Waals surface area contributed by atoms with Gasteiger partial charge in [-0.2, -0.15) is 0 Å². The lowest BCUT2D eigenvalue weighted by molar-refractivity contribution is -0.256. The van der Waals surface area contributed by atoms with Crippen molar-refractivity contribution >= 4 is 35.1 Å². The summed E-state index contributed by atoms with van der Waals surface area (Å²) in [5.41, 5.74) is -3.76. The number of benzene rings is 2. The van der Waals surface area contributed by atoms with Crippen molar-refractivity contribution in [3.8, 4) is 40.8 Å². The normalized spacial score (nSPS) is 29.4. The largest absolute Gasteiger partial charge is 0.507 e. The summed E-state index contributed by atoms with van der Waals surface area (Å²) < 4.78 is 38.0. The number of phenolic OH excluding ortho intramolecular Hbond substituents is 2. The highest BCUT2D eigenvalue weighted by molar-refractivity contribution is 8.00. The molecule has 2 aromatic carbocycles. The maximum atomic E-state index is 14.4. The molecule has 22 heteroatoms. The molecule has 3 aliphatic carbocycles. The first-order chi connectivity index (χ1) is 33.5. The van der Waals surface area contributed by atoms with Crippen LogP contribution in [0.2, 0.25) is 0 Å². The molecule has 0 bridgehead atoms. The maximum absolute atomic E-state index is 14.4. The number of ketones is 3. The molecule has 3 aliphatic heterocycles. The van der Waals surface area contributed by atoms with E-state index < -0.39 is 125 Å². The highest BCUT2D eigenvalue weighted by Crippen LogP contribution is 2.53. The van der Waals surface area contributed by atoms with Gasteiger partial charge in [-0.3, -0.25) is 23.9 Å². The molecule has 2 aromatic heterocycles. The van der Waals surface area contributed by atoms with Crippen LogP contribution in [0.4, 0.5) is 0 Å². The van der Waals surface area contributed by atoms with E-state index >= 15 is 0 Å². The summed E-state index contributed by atoms with van der Waals surface area (Å²) in [4.78, 5) is 63.1. The van der Waals surface area contributed by atoms with Crippen LogP contribution in [0.1, 0.15) is 94.5 Å². The van der Waals surface area contributed by atoms with Gasteiger partial charge in [-0.05, 0) is 44.6 Å².